The SMILES string of the molecule is CN(C)c1ccc(/C=N/n2c[n+](Cc3ccc(Br)cc3)cn2)cc1. The van der Waals surface area contributed by atoms with E-state index < -0.39 is 0 Å². The number of hydrogen-bond donors (Lipinski definition) is 0. The summed E-state index contributed by atoms with van der Waals surface area (Å²) in [6.07, 6.45) is 5.44. The number of benzene rings is 2. The molecule has 3 rings (SSSR count). The van der Waals surface area contributed by atoms with Crippen LogP contribution in [0.15, 0.2) is 70.8 Å². The van der Waals surface area contributed by atoms with Crippen molar-refractivity contribution in [2.75, 3.05) is 19.0 Å². The van der Waals surface area contributed by atoms with E-state index >= 15 is 0 Å². The second-order valence-electron chi connectivity index (χ2n) is 5.70. The quantitative estimate of drug-likeness (QED) is 0.500. The summed E-state index contributed by atoms with van der Waals surface area (Å²) in [6, 6.07) is 16.5. The van der Waals surface area contributed by atoms with Gasteiger partial charge in [-0.15, -0.1) is 0 Å². The molecule has 0 saturated heterocycles. The Labute approximate surface area is 150 Å². The Morgan fingerprint density at radius 2 is 1.83 bits per heavy atom. The van der Waals surface area contributed by atoms with Crippen LogP contribution in [0, 0.1) is 0 Å². The van der Waals surface area contributed by atoms with Crippen molar-refractivity contribution in [3.05, 3.63) is 76.8 Å². The predicted molar refractivity (Wildman–Crippen MR) is 99.4 cm³/mol. The lowest BCUT2D eigenvalue weighted by atomic mass is 10.2. The third-order valence-electron chi connectivity index (χ3n) is 3.58. The van der Waals surface area contributed by atoms with Crippen LogP contribution >= 0.6 is 15.9 Å². The summed E-state index contributed by atoms with van der Waals surface area (Å²) >= 11 is 3.44. The van der Waals surface area contributed by atoms with Gasteiger partial charge in [0.1, 0.15) is 0 Å². The fraction of sp³-hybridized carbons (Fsp3) is 0.167. The standard InChI is InChI=1S/C18H19BrN5/c1-22(2)18-9-5-15(6-10-18)11-20-24-14-23(13-21-24)12-16-3-7-17(19)8-4-16/h3-11,13-14H,12H2,1-2H3/q+1/b20-11+. The molecule has 1 heterocycles. The van der Waals surface area contributed by atoms with Crippen LogP contribution in [0.2, 0.25) is 0 Å². The van der Waals surface area contributed by atoms with E-state index in [1.807, 2.05) is 49.3 Å². The lowest BCUT2D eigenvalue weighted by Crippen LogP contribution is -2.31. The molecule has 3 aromatic rings. The highest BCUT2D eigenvalue weighted by molar-refractivity contribution is 9.10. The molecule has 0 amide bonds. The Hall–Kier alpha value is -2.47. The second-order valence-corrected chi connectivity index (χ2v) is 6.61. The van der Waals surface area contributed by atoms with Gasteiger partial charge in [0.15, 0.2) is 0 Å². The molecule has 0 fully saturated rings. The average Bonchev–Trinajstić information content (AvgIpc) is 3.03. The Kier molecular flexibility index (Phi) is 5.05. The Morgan fingerprint density at radius 1 is 1.12 bits per heavy atom. The first-order chi connectivity index (χ1) is 11.6. The molecule has 24 heavy (non-hydrogen) atoms. The number of halogens is 1. The van der Waals surface area contributed by atoms with Crippen LogP contribution in [-0.2, 0) is 6.54 Å². The molecule has 0 saturated carbocycles. The van der Waals surface area contributed by atoms with Gasteiger partial charge in [-0.25, -0.2) is 4.57 Å². The van der Waals surface area contributed by atoms with Crippen LogP contribution in [-0.4, -0.2) is 30.2 Å². The predicted octanol–water partition coefficient (Wildman–Crippen LogP) is 2.93. The molecule has 2 aromatic carbocycles. The van der Waals surface area contributed by atoms with Crippen molar-refractivity contribution in [3.63, 3.8) is 0 Å². The zero-order valence-corrected chi connectivity index (χ0v) is 15.3. The Bertz CT molecular complexity index is 819. The van der Waals surface area contributed by atoms with Gasteiger partial charge >= 0.3 is 0 Å². The summed E-state index contributed by atoms with van der Waals surface area (Å²) in [5.74, 6) is 0. The van der Waals surface area contributed by atoms with Crippen LogP contribution < -0.4 is 9.47 Å². The van der Waals surface area contributed by atoms with Gasteiger partial charge in [-0.3, -0.25) is 0 Å². The molecule has 0 spiro atoms. The molecule has 1 aromatic heterocycles. The largest absolute Gasteiger partial charge is 0.378 e. The molecule has 0 atom stereocenters. The third kappa shape index (κ3) is 4.29. The Morgan fingerprint density at radius 3 is 2.50 bits per heavy atom. The summed E-state index contributed by atoms with van der Waals surface area (Å²) in [6.45, 7) is 0.764. The minimum absolute atomic E-state index is 0.764. The number of aromatic nitrogens is 3. The highest BCUT2D eigenvalue weighted by Gasteiger charge is 2.05. The van der Waals surface area contributed by atoms with E-state index in [9.17, 15) is 0 Å². The van der Waals surface area contributed by atoms with E-state index in [0.29, 0.717) is 0 Å². The summed E-state index contributed by atoms with van der Waals surface area (Å²) < 4.78 is 3.08. The Balaban J connectivity index is 1.65. The smallest absolute Gasteiger partial charge is 0.268 e. The maximum absolute atomic E-state index is 4.37. The zero-order chi connectivity index (χ0) is 16.9. The first-order valence-electron chi connectivity index (χ1n) is 7.60. The van der Waals surface area contributed by atoms with Crippen LogP contribution in [0.25, 0.3) is 0 Å². The number of nitrogens with zero attached hydrogens (tertiary/aromatic N) is 5. The highest BCUT2D eigenvalue weighted by atomic mass is 79.9. The van der Waals surface area contributed by atoms with Gasteiger partial charge in [-0.05, 0) is 35.4 Å². The van der Waals surface area contributed by atoms with Crippen LogP contribution in [0.5, 0.6) is 0 Å². The van der Waals surface area contributed by atoms with E-state index in [-0.39, 0.29) is 0 Å². The maximum atomic E-state index is 4.37. The fourth-order valence-electron chi connectivity index (χ4n) is 2.24. The molecule has 5 nitrogen and oxygen atoms in total. The third-order valence-corrected chi connectivity index (χ3v) is 4.11. The van der Waals surface area contributed by atoms with Gasteiger partial charge in [0, 0.05) is 29.0 Å². The van der Waals surface area contributed by atoms with E-state index in [1.54, 1.807) is 17.3 Å². The van der Waals surface area contributed by atoms with Crippen molar-refractivity contribution < 1.29 is 4.57 Å². The van der Waals surface area contributed by atoms with Crippen molar-refractivity contribution in [2.45, 2.75) is 6.54 Å². The molecule has 0 radical (unpaired) electrons. The van der Waals surface area contributed by atoms with Crippen LogP contribution in [0.1, 0.15) is 11.1 Å². The number of hydrogen-bond acceptors (Lipinski definition) is 3. The maximum Gasteiger partial charge on any atom is 0.268 e. The van der Waals surface area contributed by atoms with Gasteiger partial charge in [-0.1, -0.05) is 45.3 Å². The summed E-state index contributed by atoms with van der Waals surface area (Å²) in [4.78, 5) is 3.64. The molecule has 6 heteroatoms. The molecule has 0 bridgehead atoms. The molecule has 0 unspecified atom stereocenters. The van der Waals surface area contributed by atoms with Crippen LogP contribution in [0.3, 0.4) is 0 Å². The van der Waals surface area contributed by atoms with Crippen molar-refractivity contribution in [1.82, 2.24) is 9.89 Å². The van der Waals surface area contributed by atoms with Gasteiger partial charge in [0.25, 0.3) is 12.7 Å². The molecule has 0 aliphatic heterocycles. The number of rotatable bonds is 5. The lowest BCUT2D eigenvalue weighted by molar-refractivity contribution is -0.689. The zero-order valence-electron chi connectivity index (χ0n) is 13.7. The summed E-state index contributed by atoms with van der Waals surface area (Å²) in [5, 5.41) is 8.62. The van der Waals surface area contributed by atoms with E-state index in [2.05, 4.69) is 55.3 Å². The summed E-state index contributed by atoms with van der Waals surface area (Å²) in [5.41, 5.74) is 3.42. The van der Waals surface area contributed by atoms with E-state index in [1.165, 1.54) is 11.3 Å². The molecule has 0 aliphatic carbocycles. The molecule has 122 valence electrons. The topological polar surface area (TPSA) is 37.3 Å². The monoisotopic (exact) mass is 384 g/mol. The van der Waals surface area contributed by atoms with E-state index in [4.69, 9.17) is 0 Å². The highest BCUT2D eigenvalue weighted by Crippen LogP contribution is 2.11. The van der Waals surface area contributed by atoms with Crippen molar-refractivity contribution >= 4 is 27.8 Å². The van der Waals surface area contributed by atoms with Crippen LogP contribution in [0.4, 0.5) is 5.69 Å². The lowest BCUT2D eigenvalue weighted by Gasteiger charge is -2.11. The number of anilines is 1. The minimum atomic E-state index is 0.764. The first-order valence-corrected chi connectivity index (χ1v) is 8.39. The second kappa shape index (κ2) is 7.40. The molecular weight excluding hydrogens is 366 g/mol. The normalized spacial score (nSPS) is 11.1. The van der Waals surface area contributed by atoms with Crippen molar-refractivity contribution in [1.29, 1.82) is 0 Å². The minimum Gasteiger partial charge on any atom is -0.378 e. The first kappa shape index (κ1) is 16.4. The summed E-state index contributed by atoms with van der Waals surface area (Å²) in [7, 11) is 4.05. The van der Waals surface area contributed by atoms with Gasteiger partial charge in [0.2, 0.25) is 0 Å². The van der Waals surface area contributed by atoms with Crippen molar-refractivity contribution in [3.8, 4) is 0 Å². The van der Waals surface area contributed by atoms with E-state index in [0.717, 1.165) is 16.6 Å². The van der Waals surface area contributed by atoms with Gasteiger partial charge in [0.05, 0.1) is 17.9 Å². The van der Waals surface area contributed by atoms with Crippen molar-refractivity contribution in [2.24, 2.45) is 5.10 Å². The average molecular weight is 385 g/mol. The van der Waals surface area contributed by atoms with Gasteiger partial charge < -0.3 is 4.90 Å². The molecular formula is C18H19BrN5+. The fourth-order valence-corrected chi connectivity index (χ4v) is 2.50. The molecule has 0 aliphatic rings. The van der Waals surface area contributed by atoms with Gasteiger partial charge in [-0.2, -0.15) is 0 Å². The molecule has 0 N–H and O–H groups in total.